The number of nitrogens with two attached hydrogens (primary N) is 1. The van der Waals surface area contributed by atoms with Gasteiger partial charge >= 0.3 is 0 Å². The van der Waals surface area contributed by atoms with Crippen molar-refractivity contribution >= 4 is 38.2 Å². The molecule has 1 fully saturated rings. The highest BCUT2D eigenvalue weighted by Gasteiger charge is 2.45. The quantitative estimate of drug-likeness (QED) is 0.725. The predicted octanol–water partition coefficient (Wildman–Crippen LogP) is 4.68. The Hall–Kier alpha value is -1.54. The zero-order valence-electron chi connectivity index (χ0n) is 15.5. The van der Waals surface area contributed by atoms with E-state index >= 15 is 0 Å². The van der Waals surface area contributed by atoms with Crippen LogP contribution < -0.4 is 11.1 Å². The Labute approximate surface area is 165 Å². The number of hydrogen-bond donors (Lipinski definition) is 2. The van der Waals surface area contributed by atoms with E-state index in [2.05, 4.69) is 51.3 Å². The Kier molecular flexibility index (Phi) is 4.74. The topological polar surface area (TPSA) is 68.8 Å². The van der Waals surface area contributed by atoms with E-state index in [4.69, 9.17) is 5.73 Å². The molecule has 0 aromatic carbocycles. The number of fused-ring (bicyclic) bond motifs is 1. The molecule has 0 radical (unpaired) electrons. The van der Waals surface area contributed by atoms with E-state index in [1.807, 2.05) is 10.9 Å². The van der Waals surface area contributed by atoms with Crippen LogP contribution in [0.3, 0.4) is 0 Å². The van der Waals surface area contributed by atoms with Gasteiger partial charge in [0.05, 0.1) is 10.9 Å². The van der Waals surface area contributed by atoms with Gasteiger partial charge in [0.15, 0.2) is 0 Å². The van der Waals surface area contributed by atoms with Crippen LogP contribution in [0.25, 0.3) is 16.5 Å². The third kappa shape index (κ3) is 3.49. The van der Waals surface area contributed by atoms with Crippen LogP contribution in [0.1, 0.15) is 57.6 Å². The van der Waals surface area contributed by atoms with Crippen LogP contribution in [-0.2, 0) is 0 Å². The van der Waals surface area contributed by atoms with Gasteiger partial charge in [0, 0.05) is 42.7 Å². The molecule has 0 saturated heterocycles. The van der Waals surface area contributed by atoms with Gasteiger partial charge in [-0.15, -0.1) is 0 Å². The number of anilines is 1. The van der Waals surface area contributed by atoms with Crippen molar-refractivity contribution in [3.05, 3.63) is 22.4 Å². The van der Waals surface area contributed by atoms with Gasteiger partial charge in [-0.25, -0.2) is 13.8 Å². The van der Waals surface area contributed by atoms with Gasteiger partial charge in [-0.3, -0.25) is 4.68 Å². The number of hydrogen-bond acceptors (Lipinski definition) is 4. The average molecular weight is 440 g/mol. The summed E-state index contributed by atoms with van der Waals surface area (Å²) in [6.45, 7) is 4.17. The van der Waals surface area contributed by atoms with Crippen LogP contribution in [0.2, 0.25) is 0 Å². The lowest BCUT2D eigenvalue weighted by Gasteiger charge is -2.38. The number of allylic oxidation sites excluding steroid dienone is 1. The molecule has 0 aliphatic heterocycles. The van der Waals surface area contributed by atoms with Crippen LogP contribution in [0, 0.1) is 0 Å². The molecular weight excluding hydrogens is 416 g/mol. The molecule has 2 aliphatic carbocycles. The first-order valence-electron chi connectivity index (χ1n) is 9.40. The molecule has 2 aromatic heterocycles. The summed E-state index contributed by atoms with van der Waals surface area (Å²) in [6, 6.07) is 0.398. The fourth-order valence-corrected chi connectivity index (χ4v) is 4.66. The molecule has 0 spiro atoms. The van der Waals surface area contributed by atoms with Crippen LogP contribution in [0.5, 0.6) is 0 Å². The number of nitrogens with one attached hydrogen (secondary N) is 1. The van der Waals surface area contributed by atoms with Crippen molar-refractivity contribution in [1.29, 1.82) is 0 Å². The van der Waals surface area contributed by atoms with Crippen molar-refractivity contribution in [3.63, 3.8) is 0 Å². The van der Waals surface area contributed by atoms with Crippen LogP contribution in [0.4, 0.5) is 14.6 Å². The molecule has 0 bridgehead atoms. The molecule has 1 atom stereocenters. The molecule has 2 aromatic rings. The Morgan fingerprint density at radius 2 is 2.07 bits per heavy atom. The minimum atomic E-state index is -2.47. The van der Waals surface area contributed by atoms with Gasteiger partial charge in [-0.1, -0.05) is 6.08 Å². The fraction of sp³-hybridized carbons (Fsp3) is 0.579. The number of aromatic nitrogens is 3. The Balaban J connectivity index is 1.59. The molecule has 0 amide bonds. The van der Waals surface area contributed by atoms with Crippen molar-refractivity contribution < 1.29 is 8.78 Å². The van der Waals surface area contributed by atoms with Crippen molar-refractivity contribution in [2.75, 3.05) is 5.73 Å². The molecule has 2 aliphatic rings. The van der Waals surface area contributed by atoms with Crippen molar-refractivity contribution in [2.45, 2.75) is 70.0 Å². The summed E-state index contributed by atoms with van der Waals surface area (Å²) in [5.41, 5.74) is 9.38. The zero-order chi connectivity index (χ0) is 19.3. The highest BCUT2D eigenvalue weighted by Crippen LogP contribution is 2.40. The summed E-state index contributed by atoms with van der Waals surface area (Å²) in [5.74, 6) is -2.01. The lowest BCUT2D eigenvalue weighted by molar-refractivity contribution is -0.0948. The second kappa shape index (κ2) is 6.81. The first kappa shape index (κ1) is 18.8. The maximum atomic E-state index is 13.0. The zero-order valence-corrected chi connectivity index (χ0v) is 17.1. The number of nitrogens with zero attached hydrogens (tertiary/aromatic N) is 3. The monoisotopic (exact) mass is 439 g/mol. The molecule has 4 rings (SSSR count). The molecule has 146 valence electrons. The highest BCUT2D eigenvalue weighted by molar-refractivity contribution is 9.10. The van der Waals surface area contributed by atoms with E-state index in [9.17, 15) is 8.78 Å². The molecule has 27 heavy (non-hydrogen) atoms. The molecule has 1 unspecified atom stereocenters. The summed E-state index contributed by atoms with van der Waals surface area (Å²) in [6.07, 6.45) is 6.60. The van der Waals surface area contributed by atoms with Gasteiger partial charge < -0.3 is 11.1 Å². The van der Waals surface area contributed by atoms with Gasteiger partial charge in [0.1, 0.15) is 10.4 Å². The maximum absolute atomic E-state index is 13.0. The van der Waals surface area contributed by atoms with Crippen molar-refractivity contribution in [3.8, 4) is 0 Å². The third-order valence-electron chi connectivity index (χ3n) is 5.52. The van der Waals surface area contributed by atoms with Crippen molar-refractivity contribution in [2.24, 2.45) is 0 Å². The summed E-state index contributed by atoms with van der Waals surface area (Å²) in [4.78, 5) is 4.38. The number of rotatable bonds is 4. The van der Waals surface area contributed by atoms with Gasteiger partial charge in [-0.2, -0.15) is 5.10 Å². The Bertz CT molecular complexity index is 897. The predicted molar refractivity (Wildman–Crippen MR) is 107 cm³/mol. The number of halogens is 3. The molecule has 5 nitrogen and oxygen atoms in total. The summed E-state index contributed by atoms with van der Waals surface area (Å²) >= 11 is 3.51. The number of alkyl halides is 2. The van der Waals surface area contributed by atoms with Gasteiger partial charge in [0.25, 0.3) is 5.92 Å². The van der Waals surface area contributed by atoms with E-state index in [1.54, 1.807) is 0 Å². The molecular formula is C19H24BrF2N5. The second-order valence-electron chi connectivity index (χ2n) is 7.94. The van der Waals surface area contributed by atoms with E-state index in [1.165, 1.54) is 5.57 Å². The van der Waals surface area contributed by atoms with Crippen LogP contribution in [-0.4, -0.2) is 32.8 Å². The van der Waals surface area contributed by atoms with E-state index in [0.29, 0.717) is 10.4 Å². The average Bonchev–Trinajstić information content (AvgIpc) is 2.93. The largest absolute Gasteiger partial charge is 0.383 e. The summed E-state index contributed by atoms with van der Waals surface area (Å²) in [5, 5.41) is 8.82. The number of pyridine rings is 1. The summed E-state index contributed by atoms with van der Waals surface area (Å²) in [7, 11) is 0. The molecule has 1 saturated carbocycles. The van der Waals surface area contributed by atoms with Crippen molar-refractivity contribution in [1.82, 2.24) is 20.1 Å². The smallest absolute Gasteiger partial charge is 0.251 e. The molecule has 3 N–H and O–H groups in total. The van der Waals surface area contributed by atoms with E-state index < -0.39 is 5.92 Å². The third-order valence-corrected chi connectivity index (χ3v) is 6.07. The second-order valence-corrected chi connectivity index (χ2v) is 8.69. The van der Waals surface area contributed by atoms with Crippen LogP contribution in [0.15, 0.2) is 16.9 Å². The highest BCUT2D eigenvalue weighted by atomic mass is 79.9. The normalized spacial score (nSPS) is 22.9. The van der Waals surface area contributed by atoms with E-state index in [0.717, 1.165) is 35.7 Å². The SMILES string of the molecule is CC(C)n1nc(Br)c2c(N)ncc(C3=CCC(NC4CC(F)(F)C4)CC3)c21. The minimum absolute atomic E-state index is 0.0375. The number of nitrogen functional groups attached to an aromatic ring is 1. The molecule has 2 heterocycles. The lowest BCUT2D eigenvalue weighted by Crippen LogP contribution is -2.52. The minimum Gasteiger partial charge on any atom is -0.383 e. The lowest BCUT2D eigenvalue weighted by atomic mass is 9.85. The Morgan fingerprint density at radius 1 is 1.33 bits per heavy atom. The van der Waals surface area contributed by atoms with Crippen LogP contribution >= 0.6 is 15.9 Å². The van der Waals surface area contributed by atoms with Gasteiger partial charge in [-0.05, 0) is 54.6 Å². The first-order valence-corrected chi connectivity index (χ1v) is 10.2. The maximum Gasteiger partial charge on any atom is 0.251 e. The Morgan fingerprint density at radius 3 is 2.67 bits per heavy atom. The van der Waals surface area contributed by atoms with Gasteiger partial charge in [0.2, 0.25) is 0 Å². The summed E-state index contributed by atoms with van der Waals surface area (Å²) < 4.78 is 28.8. The van der Waals surface area contributed by atoms with E-state index in [-0.39, 0.29) is 31.0 Å². The molecule has 8 heteroatoms. The first-order chi connectivity index (χ1) is 12.7. The standard InChI is InChI=1S/C19H24BrF2N5/c1-10(2)27-16-14(9-24-18(23)15(16)17(20)26-27)11-3-5-12(6-4-11)25-13-7-19(21,22)8-13/h3,9-10,12-13,25H,4-8H2,1-2H3,(H2,23,24). The fourth-order valence-electron chi connectivity index (χ4n) is 4.10.